The van der Waals surface area contributed by atoms with Crippen molar-refractivity contribution >= 4 is 11.5 Å². The molecule has 0 aromatic carbocycles. The monoisotopic (exact) mass is 207 g/mol. The first-order valence-electron chi connectivity index (χ1n) is 5.23. The van der Waals surface area contributed by atoms with Crippen LogP contribution in [0.15, 0.2) is 18.3 Å². The molecule has 1 fully saturated rings. The molecule has 1 atom stereocenters. The molecule has 2 heterocycles. The van der Waals surface area contributed by atoms with Crippen LogP contribution in [0.3, 0.4) is 0 Å². The second-order valence-corrected chi connectivity index (χ2v) is 4.00. The molecular weight excluding hydrogens is 190 g/mol. The lowest BCUT2D eigenvalue weighted by atomic mass is 10.2. The highest BCUT2D eigenvalue weighted by atomic mass is 16.5. The van der Waals surface area contributed by atoms with Gasteiger partial charge in [0.25, 0.3) is 0 Å². The molecule has 2 rings (SSSR count). The average Bonchev–Trinajstić information content (AvgIpc) is 2.71. The third-order valence-electron chi connectivity index (χ3n) is 2.55. The van der Waals surface area contributed by atoms with Crippen molar-refractivity contribution in [3.8, 4) is 0 Å². The van der Waals surface area contributed by atoms with Crippen molar-refractivity contribution in [3.05, 3.63) is 18.3 Å². The summed E-state index contributed by atoms with van der Waals surface area (Å²) >= 11 is 0. The van der Waals surface area contributed by atoms with Crippen molar-refractivity contribution < 1.29 is 4.74 Å². The number of nitrogens with one attached hydrogen (secondary N) is 1. The highest BCUT2D eigenvalue weighted by Crippen LogP contribution is 2.15. The van der Waals surface area contributed by atoms with Crippen molar-refractivity contribution in [2.24, 2.45) is 0 Å². The van der Waals surface area contributed by atoms with E-state index in [-0.39, 0.29) is 0 Å². The van der Waals surface area contributed by atoms with Crippen LogP contribution in [0.1, 0.15) is 6.42 Å². The van der Waals surface area contributed by atoms with Crippen molar-refractivity contribution in [2.75, 3.05) is 37.5 Å². The van der Waals surface area contributed by atoms with E-state index in [0.717, 1.165) is 31.1 Å². The van der Waals surface area contributed by atoms with E-state index < -0.39 is 0 Å². The minimum atomic E-state index is 0.419. The third-order valence-corrected chi connectivity index (χ3v) is 2.55. The second-order valence-electron chi connectivity index (χ2n) is 4.00. The summed E-state index contributed by atoms with van der Waals surface area (Å²) in [5, 5.41) is 3.35. The van der Waals surface area contributed by atoms with E-state index >= 15 is 0 Å². The van der Waals surface area contributed by atoms with Crippen LogP contribution >= 0.6 is 0 Å². The lowest BCUT2D eigenvalue weighted by Crippen LogP contribution is -2.19. The lowest BCUT2D eigenvalue weighted by molar-refractivity contribution is 0.195. The molecule has 0 spiro atoms. The number of rotatable bonds is 3. The number of hydrogen-bond donors (Lipinski definition) is 1. The molecule has 0 saturated carbocycles. The summed E-state index contributed by atoms with van der Waals surface area (Å²) in [4.78, 5) is 6.39. The molecule has 0 aliphatic carbocycles. The van der Waals surface area contributed by atoms with Gasteiger partial charge in [0.2, 0.25) is 0 Å². The van der Waals surface area contributed by atoms with E-state index in [0.29, 0.717) is 6.04 Å². The van der Waals surface area contributed by atoms with Crippen LogP contribution in [0.25, 0.3) is 0 Å². The zero-order valence-electron chi connectivity index (χ0n) is 9.23. The Kier molecular flexibility index (Phi) is 3.06. The topological polar surface area (TPSA) is 37.4 Å². The summed E-state index contributed by atoms with van der Waals surface area (Å²) < 4.78 is 5.29. The fraction of sp³-hybridized carbons (Fsp3) is 0.545. The Balaban J connectivity index is 1.97. The molecule has 1 aliphatic rings. The van der Waals surface area contributed by atoms with Gasteiger partial charge in [-0.05, 0) is 18.6 Å². The first-order chi connectivity index (χ1) is 7.25. The number of pyridine rings is 1. The molecule has 0 radical (unpaired) electrons. The van der Waals surface area contributed by atoms with E-state index in [1.54, 1.807) is 0 Å². The van der Waals surface area contributed by atoms with Gasteiger partial charge in [-0.2, -0.15) is 0 Å². The Morgan fingerprint density at radius 2 is 2.33 bits per heavy atom. The molecule has 0 bridgehead atoms. The molecule has 1 unspecified atom stereocenters. The molecule has 15 heavy (non-hydrogen) atoms. The van der Waals surface area contributed by atoms with E-state index in [9.17, 15) is 0 Å². The summed E-state index contributed by atoms with van der Waals surface area (Å²) in [6, 6.07) is 4.49. The summed E-state index contributed by atoms with van der Waals surface area (Å²) in [6.07, 6.45) is 2.94. The second kappa shape index (κ2) is 4.49. The van der Waals surface area contributed by atoms with Gasteiger partial charge in [0.05, 0.1) is 24.5 Å². The number of anilines is 2. The van der Waals surface area contributed by atoms with Crippen LogP contribution in [0.5, 0.6) is 0 Å². The van der Waals surface area contributed by atoms with Gasteiger partial charge in [0.15, 0.2) is 0 Å². The zero-order chi connectivity index (χ0) is 10.7. The van der Waals surface area contributed by atoms with E-state index in [2.05, 4.69) is 16.4 Å². The molecule has 0 amide bonds. The minimum Gasteiger partial charge on any atom is -0.379 e. The number of ether oxygens (including phenoxy) is 1. The normalized spacial score (nSPS) is 20.3. The van der Waals surface area contributed by atoms with Crippen LogP contribution in [-0.2, 0) is 4.74 Å². The molecule has 82 valence electrons. The Morgan fingerprint density at radius 3 is 2.87 bits per heavy atom. The molecule has 1 N–H and O–H groups in total. The smallest absolute Gasteiger partial charge is 0.126 e. The highest BCUT2D eigenvalue weighted by molar-refractivity contribution is 5.48. The van der Waals surface area contributed by atoms with Crippen LogP contribution in [0.2, 0.25) is 0 Å². The Morgan fingerprint density at radius 1 is 1.47 bits per heavy atom. The molecule has 1 aliphatic heterocycles. The molecule has 1 aromatic heterocycles. The Bertz CT molecular complexity index is 304. The quantitative estimate of drug-likeness (QED) is 0.811. The van der Waals surface area contributed by atoms with Crippen LogP contribution in [-0.4, -0.2) is 38.3 Å². The summed E-state index contributed by atoms with van der Waals surface area (Å²) in [7, 11) is 4.02. The van der Waals surface area contributed by atoms with Crippen molar-refractivity contribution in [1.29, 1.82) is 0 Å². The highest BCUT2D eigenvalue weighted by Gasteiger charge is 2.15. The van der Waals surface area contributed by atoms with Gasteiger partial charge in [-0.15, -0.1) is 0 Å². The molecule has 4 heteroatoms. The third kappa shape index (κ3) is 2.59. The fourth-order valence-electron chi connectivity index (χ4n) is 1.59. The molecular formula is C11H17N3O. The number of nitrogens with zero attached hydrogens (tertiary/aromatic N) is 2. The SMILES string of the molecule is CN(C)c1ccc(NC2CCOC2)nc1. The van der Waals surface area contributed by atoms with Crippen LogP contribution in [0, 0.1) is 0 Å². The van der Waals surface area contributed by atoms with Gasteiger partial charge >= 0.3 is 0 Å². The van der Waals surface area contributed by atoms with Gasteiger partial charge in [0, 0.05) is 20.7 Å². The van der Waals surface area contributed by atoms with E-state index in [1.807, 2.05) is 31.3 Å². The predicted octanol–water partition coefficient (Wildman–Crippen LogP) is 1.35. The molecule has 4 nitrogen and oxygen atoms in total. The number of aromatic nitrogens is 1. The van der Waals surface area contributed by atoms with Gasteiger partial charge in [-0.1, -0.05) is 0 Å². The van der Waals surface area contributed by atoms with Gasteiger partial charge in [-0.3, -0.25) is 0 Å². The van der Waals surface area contributed by atoms with E-state index in [4.69, 9.17) is 4.74 Å². The maximum atomic E-state index is 5.29. The predicted molar refractivity (Wildman–Crippen MR) is 61.4 cm³/mol. The standard InChI is InChI=1S/C11H17N3O/c1-14(2)10-3-4-11(12-7-10)13-9-5-6-15-8-9/h3-4,7,9H,5-6,8H2,1-2H3,(H,12,13). The summed E-state index contributed by atoms with van der Waals surface area (Å²) in [5.74, 6) is 0.927. The maximum absolute atomic E-state index is 5.29. The summed E-state index contributed by atoms with van der Waals surface area (Å²) in [5.41, 5.74) is 1.11. The largest absolute Gasteiger partial charge is 0.379 e. The molecule has 1 saturated heterocycles. The fourth-order valence-corrected chi connectivity index (χ4v) is 1.59. The van der Waals surface area contributed by atoms with Crippen LogP contribution in [0.4, 0.5) is 11.5 Å². The lowest BCUT2D eigenvalue weighted by Gasteiger charge is -2.14. The molecule has 1 aromatic rings. The minimum absolute atomic E-state index is 0.419. The first-order valence-corrected chi connectivity index (χ1v) is 5.23. The Hall–Kier alpha value is -1.29. The maximum Gasteiger partial charge on any atom is 0.126 e. The van der Waals surface area contributed by atoms with Crippen molar-refractivity contribution in [1.82, 2.24) is 4.98 Å². The average molecular weight is 207 g/mol. The Labute approximate surface area is 90.3 Å². The first kappa shape index (κ1) is 10.2. The zero-order valence-corrected chi connectivity index (χ0v) is 9.23. The summed E-state index contributed by atoms with van der Waals surface area (Å²) in [6.45, 7) is 1.64. The van der Waals surface area contributed by atoms with Gasteiger partial charge in [-0.25, -0.2) is 4.98 Å². The van der Waals surface area contributed by atoms with Gasteiger partial charge < -0.3 is 15.0 Å². The van der Waals surface area contributed by atoms with Crippen molar-refractivity contribution in [3.63, 3.8) is 0 Å². The van der Waals surface area contributed by atoms with Gasteiger partial charge in [0.1, 0.15) is 5.82 Å². The number of hydrogen-bond acceptors (Lipinski definition) is 4. The van der Waals surface area contributed by atoms with E-state index in [1.165, 1.54) is 0 Å². The van der Waals surface area contributed by atoms with Crippen LogP contribution < -0.4 is 10.2 Å². The van der Waals surface area contributed by atoms with Crippen molar-refractivity contribution in [2.45, 2.75) is 12.5 Å².